The van der Waals surface area contributed by atoms with E-state index in [9.17, 15) is 9.59 Å². The number of quaternary nitrogens is 1. The number of nitrogens with one attached hydrogen (secondary N) is 1. The number of unbranched alkanes of at least 4 members (excludes halogenated alkanes) is 1. The average molecular weight is 404 g/mol. The topological polar surface area (TPSA) is 55.4 Å². The average Bonchev–Trinajstić information content (AvgIpc) is 2.72. The fourth-order valence-electron chi connectivity index (χ4n) is 4.65. The van der Waals surface area contributed by atoms with Crippen LogP contribution in [0.3, 0.4) is 0 Å². The second-order valence-corrected chi connectivity index (χ2v) is 8.51. The Morgan fingerprint density at radius 2 is 1.86 bits per heavy atom. The Bertz CT molecular complexity index is 683. The van der Waals surface area contributed by atoms with Gasteiger partial charge in [0.15, 0.2) is 12.1 Å². The van der Waals surface area contributed by atoms with E-state index in [1.807, 2.05) is 45.9 Å². The minimum absolute atomic E-state index is 0.0355. The van der Waals surface area contributed by atoms with Crippen LogP contribution >= 0.6 is 0 Å². The summed E-state index contributed by atoms with van der Waals surface area (Å²) in [6.07, 6.45) is 5.73. The van der Waals surface area contributed by atoms with Gasteiger partial charge in [0.1, 0.15) is 0 Å². The molecule has 1 aliphatic rings. The first kappa shape index (κ1) is 23.4. The molecule has 1 amide bonds. The number of ether oxygens (including phenoxy) is 1. The maximum absolute atomic E-state index is 13.5. The highest BCUT2D eigenvalue weighted by Gasteiger charge is 2.50. The Labute approximate surface area is 176 Å². The van der Waals surface area contributed by atoms with Gasteiger partial charge in [-0.2, -0.15) is 0 Å². The van der Waals surface area contributed by atoms with Crippen LogP contribution in [0.1, 0.15) is 70.4 Å². The molecule has 5 heteroatoms. The van der Waals surface area contributed by atoms with Gasteiger partial charge in [0.25, 0.3) is 5.91 Å². The van der Waals surface area contributed by atoms with Gasteiger partial charge in [-0.05, 0) is 57.6 Å². The van der Waals surface area contributed by atoms with Gasteiger partial charge in [-0.15, -0.1) is 0 Å². The van der Waals surface area contributed by atoms with Crippen molar-refractivity contribution in [2.75, 3.05) is 25.0 Å². The molecule has 0 saturated carbocycles. The number of hydrogen-bond acceptors (Lipinski definition) is 3. The third-order valence-electron chi connectivity index (χ3n) is 6.44. The van der Waals surface area contributed by atoms with E-state index in [2.05, 4.69) is 12.2 Å². The van der Waals surface area contributed by atoms with Crippen molar-refractivity contribution in [2.24, 2.45) is 0 Å². The SMILES string of the molecule is CCCC[N+]1(C(C)C(=O)OCCC)CCCCC1C(=O)Nc1c(C)cccc1C. The lowest BCUT2D eigenvalue weighted by atomic mass is 9.93. The number of carbonyl (C=O) groups is 2. The highest BCUT2D eigenvalue weighted by molar-refractivity contribution is 5.95. The fourth-order valence-corrected chi connectivity index (χ4v) is 4.65. The molecule has 1 aromatic carbocycles. The minimum Gasteiger partial charge on any atom is -0.461 e. The zero-order chi connectivity index (χ0) is 21.4. The Morgan fingerprint density at radius 1 is 1.17 bits per heavy atom. The standard InChI is InChI=1S/C24H38N2O3/c1-6-8-15-26(20(5)24(28)29-17-7-2)16-10-9-14-21(26)23(27)25-22-18(3)12-11-13-19(22)4/h11-13,20-21H,6-10,14-17H2,1-5H3/p+1. The minimum atomic E-state index is -0.331. The van der Waals surface area contributed by atoms with Crippen LogP contribution in [0, 0.1) is 13.8 Å². The summed E-state index contributed by atoms with van der Waals surface area (Å²) in [4.78, 5) is 26.3. The third kappa shape index (κ3) is 5.39. The molecule has 29 heavy (non-hydrogen) atoms. The predicted octanol–water partition coefficient (Wildman–Crippen LogP) is 4.75. The van der Waals surface area contributed by atoms with Crippen LogP contribution in [0.4, 0.5) is 5.69 Å². The Hall–Kier alpha value is -1.88. The zero-order valence-corrected chi connectivity index (χ0v) is 18.9. The predicted molar refractivity (Wildman–Crippen MR) is 118 cm³/mol. The van der Waals surface area contributed by atoms with Crippen LogP contribution in [-0.4, -0.2) is 48.1 Å². The summed E-state index contributed by atoms with van der Waals surface area (Å²) in [6, 6.07) is 5.50. The van der Waals surface area contributed by atoms with Crippen molar-refractivity contribution in [3.05, 3.63) is 29.3 Å². The number of carbonyl (C=O) groups excluding carboxylic acids is 2. The van der Waals surface area contributed by atoms with Gasteiger partial charge in [-0.3, -0.25) is 4.79 Å². The largest absolute Gasteiger partial charge is 0.461 e. The quantitative estimate of drug-likeness (QED) is 0.478. The van der Waals surface area contributed by atoms with E-state index >= 15 is 0 Å². The third-order valence-corrected chi connectivity index (χ3v) is 6.44. The highest BCUT2D eigenvalue weighted by Crippen LogP contribution is 2.32. The van der Waals surface area contributed by atoms with E-state index in [4.69, 9.17) is 4.74 Å². The first-order valence-electron chi connectivity index (χ1n) is 11.3. The lowest BCUT2D eigenvalue weighted by molar-refractivity contribution is -0.960. The van der Waals surface area contributed by atoms with Gasteiger partial charge >= 0.3 is 5.97 Å². The molecule has 0 radical (unpaired) electrons. The van der Waals surface area contributed by atoms with Gasteiger partial charge in [0, 0.05) is 12.1 Å². The fraction of sp³-hybridized carbons (Fsp3) is 0.667. The second-order valence-electron chi connectivity index (χ2n) is 8.51. The molecular weight excluding hydrogens is 364 g/mol. The number of para-hydroxylation sites is 1. The zero-order valence-electron chi connectivity index (χ0n) is 18.9. The number of amides is 1. The molecule has 2 rings (SSSR count). The van der Waals surface area contributed by atoms with E-state index in [1.54, 1.807) is 0 Å². The molecule has 0 aromatic heterocycles. The van der Waals surface area contributed by atoms with E-state index in [-0.39, 0.29) is 24.0 Å². The molecule has 1 aromatic rings. The molecule has 1 heterocycles. The van der Waals surface area contributed by atoms with E-state index in [0.717, 1.165) is 68.4 Å². The lowest BCUT2D eigenvalue weighted by Gasteiger charge is -2.49. The van der Waals surface area contributed by atoms with Crippen molar-refractivity contribution in [3.63, 3.8) is 0 Å². The number of benzene rings is 1. The molecule has 1 saturated heterocycles. The van der Waals surface area contributed by atoms with Gasteiger partial charge in [0.05, 0.1) is 19.7 Å². The molecule has 3 atom stereocenters. The molecule has 5 nitrogen and oxygen atoms in total. The van der Waals surface area contributed by atoms with Gasteiger partial charge in [0.2, 0.25) is 0 Å². The highest BCUT2D eigenvalue weighted by atomic mass is 16.5. The monoisotopic (exact) mass is 403 g/mol. The van der Waals surface area contributed by atoms with Crippen LogP contribution in [0.2, 0.25) is 0 Å². The molecule has 0 spiro atoms. The van der Waals surface area contributed by atoms with Gasteiger partial charge < -0.3 is 14.5 Å². The number of aryl methyl sites for hydroxylation is 2. The van der Waals surface area contributed by atoms with Crippen LogP contribution in [0.5, 0.6) is 0 Å². The van der Waals surface area contributed by atoms with Crippen LogP contribution in [0.25, 0.3) is 0 Å². The van der Waals surface area contributed by atoms with E-state index in [0.29, 0.717) is 11.1 Å². The van der Waals surface area contributed by atoms with Crippen molar-refractivity contribution in [3.8, 4) is 0 Å². The second kappa shape index (κ2) is 10.8. The van der Waals surface area contributed by atoms with Crippen molar-refractivity contribution in [2.45, 2.75) is 85.2 Å². The molecule has 0 aliphatic carbocycles. The van der Waals surface area contributed by atoms with Crippen molar-refractivity contribution < 1.29 is 18.8 Å². The number of piperidine rings is 1. The maximum atomic E-state index is 13.5. The first-order chi connectivity index (χ1) is 13.9. The van der Waals surface area contributed by atoms with Crippen molar-refractivity contribution in [1.29, 1.82) is 0 Å². The lowest BCUT2D eigenvalue weighted by Crippen LogP contribution is -2.68. The van der Waals surface area contributed by atoms with E-state index < -0.39 is 0 Å². The van der Waals surface area contributed by atoms with Crippen LogP contribution in [-0.2, 0) is 14.3 Å². The summed E-state index contributed by atoms with van der Waals surface area (Å²) in [5.41, 5.74) is 3.03. The summed E-state index contributed by atoms with van der Waals surface area (Å²) in [7, 11) is 0. The number of anilines is 1. The number of hydrogen-bond donors (Lipinski definition) is 1. The number of rotatable bonds is 9. The molecule has 3 unspecified atom stereocenters. The molecule has 0 bridgehead atoms. The summed E-state index contributed by atoms with van der Waals surface area (Å²) in [5.74, 6) is -0.136. The Morgan fingerprint density at radius 3 is 2.48 bits per heavy atom. The molecule has 1 fully saturated rings. The normalized spacial score (nSPS) is 22.7. The molecular formula is C24H39N2O3+. The van der Waals surface area contributed by atoms with Crippen LogP contribution < -0.4 is 5.32 Å². The molecule has 1 aliphatic heterocycles. The van der Waals surface area contributed by atoms with Gasteiger partial charge in [-0.25, -0.2) is 4.79 Å². The smallest absolute Gasteiger partial charge is 0.364 e. The first-order valence-corrected chi connectivity index (χ1v) is 11.3. The number of likely N-dealkylation sites (tertiary alicyclic amines) is 1. The Balaban J connectivity index is 2.33. The summed E-state index contributed by atoms with van der Waals surface area (Å²) in [6.45, 7) is 12.3. The molecule has 162 valence electrons. The maximum Gasteiger partial charge on any atom is 0.364 e. The summed E-state index contributed by atoms with van der Waals surface area (Å²) >= 11 is 0. The summed E-state index contributed by atoms with van der Waals surface area (Å²) in [5, 5.41) is 3.21. The number of esters is 1. The molecule has 1 N–H and O–H groups in total. The van der Waals surface area contributed by atoms with E-state index in [1.165, 1.54) is 0 Å². The van der Waals surface area contributed by atoms with Gasteiger partial charge in [-0.1, -0.05) is 38.5 Å². The van der Waals surface area contributed by atoms with Crippen molar-refractivity contribution in [1.82, 2.24) is 0 Å². The Kier molecular flexibility index (Phi) is 8.69. The van der Waals surface area contributed by atoms with Crippen LogP contribution in [0.15, 0.2) is 18.2 Å². The number of nitrogens with zero attached hydrogens (tertiary/aromatic N) is 1. The van der Waals surface area contributed by atoms with Crippen molar-refractivity contribution >= 4 is 17.6 Å². The summed E-state index contributed by atoms with van der Waals surface area (Å²) < 4.78 is 6.03.